The fourth-order valence-corrected chi connectivity index (χ4v) is 4.76. The second-order valence-corrected chi connectivity index (χ2v) is 10.0. The first-order valence-electron chi connectivity index (χ1n) is 10.4. The fraction of sp³-hybridized carbons (Fsp3) is 0.364. The maximum Gasteiger partial charge on any atom is 0.253 e. The number of amides is 1. The summed E-state index contributed by atoms with van der Waals surface area (Å²) in [6, 6.07) is 12.5. The van der Waals surface area contributed by atoms with Crippen molar-refractivity contribution >= 4 is 32.7 Å². The topological polar surface area (TPSA) is 98.4 Å². The number of imidazole rings is 1. The van der Waals surface area contributed by atoms with Crippen LogP contribution in [0, 0.1) is 0 Å². The lowest BCUT2D eigenvalue weighted by molar-refractivity contribution is 0.0950. The molecule has 1 aromatic heterocycles. The molecule has 0 aliphatic carbocycles. The van der Waals surface area contributed by atoms with Gasteiger partial charge >= 0.3 is 0 Å². The maximum absolute atomic E-state index is 13.2. The van der Waals surface area contributed by atoms with E-state index in [1.807, 2.05) is 24.3 Å². The van der Waals surface area contributed by atoms with E-state index in [-0.39, 0.29) is 17.3 Å². The number of anilines is 1. The predicted octanol–water partition coefficient (Wildman–Crippen LogP) is 2.73. The fourth-order valence-electron chi connectivity index (χ4n) is 3.83. The molecule has 1 saturated heterocycles. The van der Waals surface area contributed by atoms with Gasteiger partial charge in [0, 0.05) is 32.9 Å². The van der Waals surface area contributed by atoms with Gasteiger partial charge in [0.15, 0.2) is 0 Å². The Balaban J connectivity index is 1.63. The SMILES string of the molecule is CN(C)S(=O)(=O)c1ccc(N2CCCCC2)c(C(=O)NCc2nc3ccccc3[nH]2)c1. The van der Waals surface area contributed by atoms with Gasteiger partial charge in [0.1, 0.15) is 5.82 Å². The van der Waals surface area contributed by atoms with Crippen LogP contribution in [0.4, 0.5) is 5.69 Å². The summed E-state index contributed by atoms with van der Waals surface area (Å²) in [7, 11) is -0.686. The van der Waals surface area contributed by atoms with Crippen molar-refractivity contribution < 1.29 is 13.2 Å². The second-order valence-electron chi connectivity index (χ2n) is 7.90. The van der Waals surface area contributed by atoms with E-state index in [9.17, 15) is 13.2 Å². The van der Waals surface area contributed by atoms with E-state index in [0.29, 0.717) is 11.4 Å². The van der Waals surface area contributed by atoms with Gasteiger partial charge in [-0.3, -0.25) is 4.79 Å². The molecule has 0 radical (unpaired) electrons. The molecule has 2 aromatic carbocycles. The van der Waals surface area contributed by atoms with Crippen LogP contribution in [0.25, 0.3) is 11.0 Å². The molecule has 8 nitrogen and oxygen atoms in total. The lowest BCUT2D eigenvalue weighted by atomic mass is 10.1. The van der Waals surface area contributed by atoms with E-state index in [4.69, 9.17) is 0 Å². The Hall–Kier alpha value is -2.91. The zero-order chi connectivity index (χ0) is 22.0. The standard InChI is InChI=1S/C22H27N5O3S/c1-26(2)31(29,30)16-10-11-20(27-12-6-3-7-13-27)17(14-16)22(28)23-15-21-24-18-8-4-5-9-19(18)25-21/h4-5,8-11,14H,3,6-7,12-13,15H2,1-2H3,(H,23,28)(H,24,25). The van der Waals surface area contributed by atoms with Crippen LogP contribution in [0.15, 0.2) is 47.4 Å². The lowest BCUT2D eigenvalue weighted by Gasteiger charge is -2.30. The molecule has 0 bridgehead atoms. The van der Waals surface area contributed by atoms with E-state index in [2.05, 4.69) is 20.2 Å². The molecule has 2 heterocycles. The molecule has 1 aliphatic rings. The highest BCUT2D eigenvalue weighted by Crippen LogP contribution is 2.28. The molecule has 0 spiro atoms. The molecule has 2 N–H and O–H groups in total. The third-order valence-corrected chi connectivity index (χ3v) is 7.35. The number of nitrogens with zero attached hydrogens (tertiary/aromatic N) is 3. The third kappa shape index (κ3) is 4.42. The van der Waals surface area contributed by atoms with Crippen molar-refractivity contribution in [3.63, 3.8) is 0 Å². The van der Waals surface area contributed by atoms with Crippen LogP contribution >= 0.6 is 0 Å². The largest absolute Gasteiger partial charge is 0.371 e. The normalized spacial score (nSPS) is 14.9. The molecular formula is C22H27N5O3S. The molecule has 0 unspecified atom stereocenters. The van der Waals surface area contributed by atoms with E-state index in [0.717, 1.165) is 53.4 Å². The molecule has 3 aromatic rings. The minimum atomic E-state index is -3.65. The van der Waals surface area contributed by atoms with E-state index in [1.165, 1.54) is 20.2 Å². The van der Waals surface area contributed by atoms with E-state index >= 15 is 0 Å². The van der Waals surface area contributed by atoms with Crippen LogP contribution in [0.2, 0.25) is 0 Å². The van der Waals surface area contributed by atoms with Crippen molar-refractivity contribution in [2.24, 2.45) is 0 Å². The molecule has 4 rings (SSSR count). The van der Waals surface area contributed by atoms with Gasteiger partial charge in [-0.05, 0) is 49.6 Å². The van der Waals surface area contributed by atoms with Crippen LogP contribution < -0.4 is 10.2 Å². The number of para-hydroxylation sites is 2. The van der Waals surface area contributed by atoms with Crippen molar-refractivity contribution in [1.82, 2.24) is 19.6 Å². The molecule has 0 atom stereocenters. The molecule has 1 amide bonds. The first-order chi connectivity index (χ1) is 14.9. The smallest absolute Gasteiger partial charge is 0.253 e. The van der Waals surface area contributed by atoms with E-state index < -0.39 is 10.0 Å². The van der Waals surface area contributed by atoms with Gasteiger partial charge in [0.25, 0.3) is 5.91 Å². The number of piperidine rings is 1. The van der Waals surface area contributed by atoms with Crippen molar-refractivity contribution in [2.75, 3.05) is 32.1 Å². The summed E-state index contributed by atoms with van der Waals surface area (Å²) in [6.07, 6.45) is 3.27. The summed E-state index contributed by atoms with van der Waals surface area (Å²) in [5.74, 6) is 0.322. The third-order valence-electron chi connectivity index (χ3n) is 5.54. The Bertz CT molecular complexity index is 1160. The Kier molecular flexibility index (Phi) is 5.97. The highest BCUT2D eigenvalue weighted by Gasteiger charge is 2.24. The Morgan fingerprint density at radius 3 is 2.58 bits per heavy atom. The van der Waals surface area contributed by atoms with Gasteiger partial charge in [0.05, 0.1) is 28.0 Å². The Labute approximate surface area is 182 Å². The molecule has 0 saturated carbocycles. The average Bonchev–Trinajstić information content (AvgIpc) is 3.20. The molecule has 1 aliphatic heterocycles. The van der Waals surface area contributed by atoms with Crippen molar-refractivity contribution in [1.29, 1.82) is 0 Å². The number of aromatic nitrogens is 2. The highest BCUT2D eigenvalue weighted by atomic mass is 32.2. The van der Waals surface area contributed by atoms with Crippen molar-refractivity contribution in [3.8, 4) is 0 Å². The van der Waals surface area contributed by atoms with Crippen LogP contribution in [0.1, 0.15) is 35.4 Å². The number of aromatic amines is 1. The monoisotopic (exact) mass is 441 g/mol. The summed E-state index contributed by atoms with van der Waals surface area (Å²) in [5, 5.41) is 2.90. The number of rotatable bonds is 6. The zero-order valence-corrected chi connectivity index (χ0v) is 18.6. The van der Waals surface area contributed by atoms with Crippen LogP contribution in [-0.2, 0) is 16.6 Å². The van der Waals surface area contributed by atoms with Crippen LogP contribution in [0.3, 0.4) is 0 Å². The van der Waals surface area contributed by atoms with Gasteiger partial charge in [-0.25, -0.2) is 17.7 Å². The van der Waals surface area contributed by atoms with E-state index in [1.54, 1.807) is 12.1 Å². The van der Waals surface area contributed by atoms with Gasteiger partial charge in [-0.15, -0.1) is 0 Å². The van der Waals surface area contributed by atoms with Gasteiger partial charge in [-0.2, -0.15) is 0 Å². The minimum absolute atomic E-state index is 0.104. The number of benzene rings is 2. The van der Waals surface area contributed by atoms with Crippen LogP contribution in [0.5, 0.6) is 0 Å². The zero-order valence-electron chi connectivity index (χ0n) is 17.8. The summed E-state index contributed by atoms with van der Waals surface area (Å²) in [4.78, 5) is 23.1. The summed E-state index contributed by atoms with van der Waals surface area (Å²) < 4.78 is 26.4. The predicted molar refractivity (Wildman–Crippen MR) is 121 cm³/mol. The molecular weight excluding hydrogens is 414 g/mol. The lowest BCUT2D eigenvalue weighted by Crippen LogP contribution is -2.33. The Morgan fingerprint density at radius 1 is 1.13 bits per heavy atom. The minimum Gasteiger partial charge on any atom is -0.371 e. The molecule has 1 fully saturated rings. The maximum atomic E-state index is 13.2. The number of nitrogens with one attached hydrogen (secondary N) is 2. The van der Waals surface area contributed by atoms with Crippen molar-refractivity contribution in [3.05, 3.63) is 53.9 Å². The molecule has 9 heteroatoms. The quantitative estimate of drug-likeness (QED) is 0.613. The first-order valence-corrected chi connectivity index (χ1v) is 11.8. The number of fused-ring (bicyclic) bond motifs is 1. The van der Waals surface area contributed by atoms with Gasteiger partial charge in [0.2, 0.25) is 10.0 Å². The van der Waals surface area contributed by atoms with Crippen LogP contribution in [-0.4, -0.2) is 55.8 Å². The number of H-pyrrole nitrogens is 1. The number of hydrogen-bond donors (Lipinski definition) is 2. The Morgan fingerprint density at radius 2 is 1.87 bits per heavy atom. The average molecular weight is 442 g/mol. The number of carbonyl (C=O) groups excluding carboxylic acids is 1. The number of sulfonamides is 1. The summed E-state index contributed by atoms with van der Waals surface area (Å²) >= 11 is 0. The van der Waals surface area contributed by atoms with Gasteiger partial charge < -0.3 is 15.2 Å². The summed E-state index contributed by atoms with van der Waals surface area (Å²) in [5.41, 5.74) is 2.86. The summed E-state index contributed by atoms with van der Waals surface area (Å²) in [6.45, 7) is 1.92. The van der Waals surface area contributed by atoms with Gasteiger partial charge in [-0.1, -0.05) is 12.1 Å². The molecule has 164 valence electrons. The van der Waals surface area contributed by atoms with Crippen molar-refractivity contribution in [2.45, 2.75) is 30.7 Å². The highest BCUT2D eigenvalue weighted by molar-refractivity contribution is 7.89. The second kappa shape index (κ2) is 8.68. The first kappa shape index (κ1) is 21.3. The molecule has 31 heavy (non-hydrogen) atoms. The number of hydrogen-bond acceptors (Lipinski definition) is 5. The number of carbonyl (C=O) groups is 1.